The molecule has 1 atom stereocenters. The Hall–Kier alpha value is -3.72. The van der Waals surface area contributed by atoms with Gasteiger partial charge in [-0.25, -0.2) is 13.2 Å². The second-order valence-electron chi connectivity index (χ2n) is 8.69. The molecule has 9 heteroatoms. The smallest absolute Gasteiger partial charge is 0.338 e. The molecule has 0 fully saturated rings. The maximum atomic E-state index is 13.4. The van der Waals surface area contributed by atoms with E-state index < -0.39 is 28.4 Å². The zero-order chi connectivity index (χ0) is 25.5. The Balaban J connectivity index is 1.53. The predicted molar refractivity (Wildman–Crippen MR) is 131 cm³/mol. The molecule has 1 aromatic heterocycles. The van der Waals surface area contributed by atoms with Crippen molar-refractivity contribution in [3.05, 3.63) is 82.2 Å². The van der Waals surface area contributed by atoms with Crippen molar-refractivity contribution >= 4 is 33.2 Å². The van der Waals surface area contributed by atoms with Gasteiger partial charge >= 0.3 is 5.97 Å². The maximum Gasteiger partial charge on any atom is 0.338 e. The van der Waals surface area contributed by atoms with E-state index >= 15 is 0 Å². The van der Waals surface area contributed by atoms with Crippen LogP contribution in [0.4, 0.5) is 5.69 Å². The lowest BCUT2D eigenvalue weighted by atomic mass is 10.1. The zero-order valence-corrected chi connectivity index (χ0v) is 20.7. The van der Waals surface area contributed by atoms with Crippen LogP contribution in [-0.2, 0) is 21.2 Å². The molecule has 0 bridgehead atoms. The minimum Gasteiger partial charge on any atom is -0.454 e. The van der Waals surface area contributed by atoms with Crippen molar-refractivity contribution in [3.63, 3.8) is 0 Å². The van der Waals surface area contributed by atoms with E-state index in [0.717, 1.165) is 5.56 Å². The number of H-pyrrole nitrogens is 1. The highest BCUT2D eigenvalue weighted by molar-refractivity contribution is 7.92. The van der Waals surface area contributed by atoms with Gasteiger partial charge in [-0.05, 0) is 69.5 Å². The van der Waals surface area contributed by atoms with E-state index in [1.54, 1.807) is 26.0 Å². The SMILES string of the molecule is CC(=O)c1c(C)[nH]c(C(=O)COC(=O)c2cccc(S(=O)(=O)N3c4ccccc4C[C@@H]3C)c2)c1C. The summed E-state index contributed by atoms with van der Waals surface area (Å²) in [6.45, 7) is 6.05. The van der Waals surface area contributed by atoms with E-state index in [1.165, 1.54) is 35.5 Å². The Morgan fingerprint density at radius 2 is 1.80 bits per heavy atom. The molecule has 1 N–H and O–H groups in total. The molecule has 0 aliphatic carbocycles. The van der Waals surface area contributed by atoms with Crippen LogP contribution in [0.5, 0.6) is 0 Å². The Bertz CT molecular complexity index is 1450. The molecule has 1 aliphatic heterocycles. The number of carbonyl (C=O) groups excluding carboxylic acids is 3. The summed E-state index contributed by atoms with van der Waals surface area (Å²) in [4.78, 5) is 39.9. The fraction of sp³-hybridized carbons (Fsp3) is 0.269. The Morgan fingerprint density at radius 1 is 1.09 bits per heavy atom. The van der Waals surface area contributed by atoms with Gasteiger partial charge in [0.1, 0.15) is 0 Å². The number of rotatable bonds is 7. The molecule has 3 aromatic rings. The largest absolute Gasteiger partial charge is 0.454 e. The van der Waals surface area contributed by atoms with Crippen LogP contribution in [0, 0.1) is 13.8 Å². The molecule has 182 valence electrons. The average molecular weight is 495 g/mol. The van der Waals surface area contributed by atoms with Crippen molar-refractivity contribution in [2.24, 2.45) is 0 Å². The number of para-hydroxylation sites is 1. The van der Waals surface area contributed by atoms with Crippen LogP contribution in [-0.4, -0.2) is 43.6 Å². The lowest BCUT2D eigenvalue weighted by Gasteiger charge is -2.24. The normalized spacial score (nSPS) is 15.1. The van der Waals surface area contributed by atoms with Crippen LogP contribution in [0.1, 0.15) is 61.9 Å². The number of ether oxygens (including phenoxy) is 1. The number of anilines is 1. The third kappa shape index (κ3) is 4.39. The van der Waals surface area contributed by atoms with Gasteiger partial charge in [-0.3, -0.25) is 13.9 Å². The molecule has 2 heterocycles. The fourth-order valence-electron chi connectivity index (χ4n) is 4.64. The summed E-state index contributed by atoms with van der Waals surface area (Å²) in [5.74, 6) is -1.48. The molecule has 0 radical (unpaired) electrons. The monoisotopic (exact) mass is 494 g/mol. The highest BCUT2D eigenvalue weighted by Gasteiger charge is 2.36. The number of aryl methyl sites for hydroxylation is 1. The van der Waals surface area contributed by atoms with Crippen LogP contribution in [0.25, 0.3) is 0 Å². The Kier molecular flexibility index (Phi) is 6.38. The third-order valence-electron chi connectivity index (χ3n) is 6.17. The molecule has 0 saturated heterocycles. The molecule has 4 rings (SSSR count). The average Bonchev–Trinajstić information content (AvgIpc) is 3.32. The van der Waals surface area contributed by atoms with Crippen LogP contribution in [0.15, 0.2) is 53.4 Å². The summed E-state index contributed by atoms with van der Waals surface area (Å²) in [6, 6.07) is 12.7. The number of carbonyl (C=O) groups is 3. The van der Waals surface area contributed by atoms with Crippen molar-refractivity contribution in [1.82, 2.24) is 4.98 Å². The van der Waals surface area contributed by atoms with Crippen molar-refractivity contribution in [1.29, 1.82) is 0 Å². The van der Waals surface area contributed by atoms with Gasteiger partial charge in [0.2, 0.25) is 5.78 Å². The van der Waals surface area contributed by atoms with E-state index in [-0.39, 0.29) is 28.0 Å². The summed E-state index contributed by atoms with van der Waals surface area (Å²) in [6.07, 6.45) is 0.599. The Morgan fingerprint density at radius 3 is 2.49 bits per heavy atom. The number of fused-ring (bicyclic) bond motifs is 1. The summed E-state index contributed by atoms with van der Waals surface area (Å²) >= 11 is 0. The minimum absolute atomic E-state index is 0.0165. The van der Waals surface area contributed by atoms with E-state index in [4.69, 9.17) is 4.74 Å². The van der Waals surface area contributed by atoms with Gasteiger partial charge in [0, 0.05) is 17.3 Å². The first-order chi connectivity index (χ1) is 16.5. The van der Waals surface area contributed by atoms with Gasteiger partial charge in [-0.15, -0.1) is 0 Å². The third-order valence-corrected chi connectivity index (χ3v) is 8.10. The molecule has 8 nitrogen and oxygen atoms in total. The number of sulfonamides is 1. The van der Waals surface area contributed by atoms with Crippen molar-refractivity contribution in [2.45, 2.75) is 45.1 Å². The number of ketones is 2. The number of hydrogen-bond acceptors (Lipinski definition) is 6. The van der Waals surface area contributed by atoms with Gasteiger partial charge in [-0.1, -0.05) is 24.3 Å². The van der Waals surface area contributed by atoms with Crippen LogP contribution < -0.4 is 4.31 Å². The first kappa shape index (κ1) is 24.4. The fourth-order valence-corrected chi connectivity index (χ4v) is 6.38. The number of nitrogens with one attached hydrogen (secondary N) is 1. The highest BCUT2D eigenvalue weighted by Crippen LogP contribution is 2.36. The molecule has 0 unspecified atom stereocenters. The summed E-state index contributed by atoms with van der Waals surface area (Å²) < 4.78 is 33.4. The molecule has 0 saturated carbocycles. The molecule has 1 aliphatic rings. The standard InChI is InChI=1S/C26H26N2O6S/c1-15-12-19-8-5-6-11-22(19)28(15)35(32,33)21-10-7-9-20(13-21)26(31)34-14-23(30)25-16(2)24(18(4)29)17(3)27-25/h5-11,13,15,27H,12,14H2,1-4H3/t15-/m0/s1. The number of aromatic amines is 1. The number of esters is 1. The molecular formula is C26H26N2O6S. The van der Waals surface area contributed by atoms with E-state index in [2.05, 4.69) is 4.98 Å². The number of benzene rings is 2. The van der Waals surface area contributed by atoms with Crippen molar-refractivity contribution in [2.75, 3.05) is 10.9 Å². The zero-order valence-electron chi connectivity index (χ0n) is 19.9. The Labute approximate surface area is 204 Å². The van der Waals surface area contributed by atoms with Crippen molar-refractivity contribution < 1.29 is 27.5 Å². The molecule has 2 aromatic carbocycles. The number of aromatic nitrogens is 1. The lowest BCUT2D eigenvalue weighted by molar-refractivity contribution is 0.0473. The number of hydrogen-bond donors (Lipinski definition) is 1. The molecule has 0 spiro atoms. The maximum absolute atomic E-state index is 13.4. The van der Waals surface area contributed by atoms with Crippen LogP contribution >= 0.6 is 0 Å². The summed E-state index contributed by atoms with van der Waals surface area (Å²) in [5, 5.41) is 0. The minimum atomic E-state index is -3.93. The number of Topliss-reactive ketones (excluding diaryl/α,β-unsaturated/α-hetero) is 2. The van der Waals surface area contributed by atoms with E-state index in [0.29, 0.717) is 28.9 Å². The van der Waals surface area contributed by atoms with Crippen molar-refractivity contribution in [3.8, 4) is 0 Å². The first-order valence-corrected chi connectivity index (χ1v) is 12.6. The predicted octanol–water partition coefficient (Wildman–Crippen LogP) is 4.01. The quantitative estimate of drug-likeness (QED) is 0.392. The second kappa shape index (κ2) is 9.14. The van der Waals surface area contributed by atoms with E-state index in [1.807, 2.05) is 19.1 Å². The highest BCUT2D eigenvalue weighted by atomic mass is 32.2. The first-order valence-electron chi connectivity index (χ1n) is 11.1. The lowest BCUT2D eigenvalue weighted by Crippen LogP contribution is -2.35. The molecule has 35 heavy (non-hydrogen) atoms. The van der Waals surface area contributed by atoms with Gasteiger partial charge in [0.25, 0.3) is 10.0 Å². The molecule has 0 amide bonds. The van der Waals surface area contributed by atoms with Crippen LogP contribution in [0.2, 0.25) is 0 Å². The summed E-state index contributed by atoms with van der Waals surface area (Å²) in [5.41, 5.74) is 3.31. The van der Waals surface area contributed by atoms with Crippen LogP contribution in [0.3, 0.4) is 0 Å². The number of nitrogens with zero attached hydrogens (tertiary/aromatic N) is 1. The second-order valence-corrected chi connectivity index (χ2v) is 10.5. The van der Waals surface area contributed by atoms with Gasteiger partial charge < -0.3 is 9.72 Å². The van der Waals surface area contributed by atoms with E-state index in [9.17, 15) is 22.8 Å². The molecular weight excluding hydrogens is 468 g/mol. The van der Waals surface area contributed by atoms with Gasteiger partial charge in [0.15, 0.2) is 12.4 Å². The summed E-state index contributed by atoms with van der Waals surface area (Å²) in [7, 11) is -3.93. The topological polar surface area (TPSA) is 114 Å². The van der Waals surface area contributed by atoms with Gasteiger partial charge in [0.05, 0.1) is 21.8 Å². The van der Waals surface area contributed by atoms with Gasteiger partial charge in [-0.2, -0.15) is 0 Å².